The van der Waals surface area contributed by atoms with Gasteiger partial charge in [-0.2, -0.15) is 0 Å². The van der Waals surface area contributed by atoms with E-state index in [0.717, 1.165) is 5.69 Å². The van der Waals surface area contributed by atoms with Crippen molar-refractivity contribution < 1.29 is 4.79 Å². The number of nitrogens with one attached hydrogen (secondary N) is 1. The van der Waals surface area contributed by atoms with Crippen LogP contribution in [-0.2, 0) is 6.42 Å². The average molecular weight is 277 g/mol. The smallest absolute Gasteiger partial charge is 0.253 e. The fraction of sp³-hybridized carbons (Fsp3) is 0.154. The number of anilines is 1. The standard InChI is InChI=1S/C13H13ClN4O/c14-12-7-10(11(15)8-18-12)13(19)17-6-4-9-3-1-2-5-16-9/h1-3,5,7-8H,4,6,15H2,(H,17,19). The molecule has 0 aliphatic rings. The Kier molecular flexibility index (Phi) is 4.30. The van der Waals surface area contributed by atoms with Crippen molar-refractivity contribution in [3.8, 4) is 0 Å². The molecule has 3 N–H and O–H groups in total. The Morgan fingerprint density at radius 1 is 1.37 bits per heavy atom. The van der Waals surface area contributed by atoms with E-state index in [-0.39, 0.29) is 11.1 Å². The fourth-order valence-electron chi connectivity index (χ4n) is 1.58. The van der Waals surface area contributed by atoms with Crippen molar-refractivity contribution in [2.24, 2.45) is 0 Å². The zero-order valence-corrected chi connectivity index (χ0v) is 10.9. The van der Waals surface area contributed by atoms with Gasteiger partial charge in [0.15, 0.2) is 0 Å². The molecule has 6 heteroatoms. The number of hydrogen-bond acceptors (Lipinski definition) is 4. The quantitative estimate of drug-likeness (QED) is 0.833. The summed E-state index contributed by atoms with van der Waals surface area (Å²) < 4.78 is 0. The second-order valence-electron chi connectivity index (χ2n) is 3.92. The number of aromatic nitrogens is 2. The predicted octanol–water partition coefficient (Wildman–Crippen LogP) is 1.68. The van der Waals surface area contributed by atoms with E-state index in [4.69, 9.17) is 17.3 Å². The van der Waals surface area contributed by atoms with Gasteiger partial charge in [0, 0.05) is 24.9 Å². The van der Waals surface area contributed by atoms with E-state index in [2.05, 4.69) is 15.3 Å². The lowest BCUT2D eigenvalue weighted by atomic mass is 10.2. The molecule has 19 heavy (non-hydrogen) atoms. The first kappa shape index (κ1) is 13.3. The summed E-state index contributed by atoms with van der Waals surface area (Å²) in [7, 11) is 0. The molecule has 0 aliphatic heterocycles. The predicted molar refractivity (Wildman–Crippen MR) is 73.9 cm³/mol. The van der Waals surface area contributed by atoms with Gasteiger partial charge in [-0.1, -0.05) is 17.7 Å². The number of nitrogens with two attached hydrogens (primary N) is 1. The van der Waals surface area contributed by atoms with E-state index in [0.29, 0.717) is 24.2 Å². The number of carbonyl (C=O) groups is 1. The lowest BCUT2D eigenvalue weighted by molar-refractivity contribution is 0.0955. The highest BCUT2D eigenvalue weighted by Gasteiger charge is 2.10. The molecule has 5 nitrogen and oxygen atoms in total. The Morgan fingerprint density at radius 2 is 2.21 bits per heavy atom. The molecule has 0 bridgehead atoms. The van der Waals surface area contributed by atoms with Gasteiger partial charge in [0.05, 0.1) is 17.4 Å². The van der Waals surface area contributed by atoms with Crippen molar-refractivity contribution in [2.75, 3.05) is 12.3 Å². The minimum atomic E-state index is -0.266. The number of nitrogens with zero attached hydrogens (tertiary/aromatic N) is 2. The van der Waals surface area contributed by atoms with Gasteiger partial charge in [-0.25, -0.2) is 4.98 Å². The molecule has 2 aromatic heterocycles. The second kappa shape index (κ2) is 6.15. The molecule has 98 valence electrons. The first-order valence-corrected chi connectivity index (χ1v) is 6.14. The summed E-state index contributed by atoms with van der Waals surface area (Å²) in [5.74, 6) is -0.266. The number of nitrogen functional groups attached to an aromatic ring is 1. The van der Waals surface area contributed by atoms with Crippen molar-refractivity contribution in [1.82, 2.24) is 15.3 Å². The molecular weight excluding hydrogens is 264 g/mol. The van der Waals surface area contributed by atoms with Crippen LogP contribution >= 0.6 is 11.6 Å². The maximum absolute atomic E-state index is 11.9. The fourth-order valence-corrected chi connectivity index (χ4v) is 1.74. The second-order valence-corrected chi connectivity index (χ2v) is 4.31. The van der Waals surface area contributed by atoms with Gasteiger partial charge in [0.1, 0.15) is 5.15 Å². The zero-order valence-electron chi connectivity index (χ0n) is 10.1. The number of amides is 1. The molecule has 0 spiro atoms. The average Bonchev–Trinajstić information content (AvgIpc) is 2.42. The first-order valence-electron chi connectivity index (χ1n) is 5.76. The maximum atomic E-state index is 11.9. The lowest BCUT2D eigenvalue weighted by Gasteiger charge is -2.07. The molecule has 0 radical (unpaired) electrons. The Morgan fingerprint density at radius 3 is 2.95 bits per heavy atom. The van der Waals surface area contributed by atoms with Gasteiger partial charge < -0.3 is 11.1 Å². The number of carbonyl (C=O) groups excluding carboxylic acids is 1. The highest BCUT2D eigenvalue weighted by atomic mass is 35.5. The summed E-state index contributed by atoms with van der Waals surface area (Å²) in [5, 5.41) is 3.01. The van der Waals surface area contributed by atoms with Crippen molar-refractivity contribution >= 4 is 23.2 Å². The molecule has 0 saturated carbocycles. The van der Waals surface area contributed by atoms with Crippen LogP contribution in [0.5, 0.6) is 0 Å². The SMILES string of the molecule is Nc1cnc(Cl)cc1C(=O)NCCc1ccccn1. The van der Waals surface area contributed by atoms with Gasteiger partial charge in [-0.15, -0.1) is 0 Å². The largest absolute Gasteiger partial charge is 0.397 e. The van der Waals surface area contributed by atoms with Crippen LogP contribution in [0.15, 0.2) is 36.7 Å². The molecule has 0 saturated heterocycles. The summed E-state index contributed by atoms with van der Waals surface area (Å²) >= 11 is 5.73. The topological polar surface area (TPSA) is 80.9 Å². The van der Waals surface area contributed by atoms with Crippen LogP contribution in [-0.4, -0.2) is 22.4 Å². The molecule has 0 aromatic carbocycles. The number of rotatable bonds is 4. The molecule has 0 fully saturated rings. The van der Waals surface area contributed by atoms with Crippen molar-refractivity contribution in [3.05, 3.63) is 53.1 Å². The van der Waals surface area contributed by atoms with Crippen LogP contribution in [0.4, 0.5) is 5.69 Å². The van der Waals surface area contributed by atoms with E-state index >= 15 is 0 Å². The van der Waals surface area contributed by atoms with Gasteiger partial charge in [-0.3, -0.25) is 9.78 Å². The van der Waals surface area contributed by atoms with Gasteiger partial charge in [-0.05, 0) is 18.2 Å². The minimum Gasteiger partial charge on any atom is -0.397 e. The summed E-state index contributed by atoms with van der Waals surface area (Å²) in [6.07, 6.45) is 3.75. The van der Waals surface area contributed by atoms with Crippen LogP contribution in [0.3, 0.4) is 0 Å². The van der Waals surface area contributed by atoms with Crippen molar-refractivity contribution in [3.63, 3.8) is 0 Å². The van der Waals surface area contributed by atoms with Gasteiger partial charge in [0.2, 0.25) is 0 Å². The van der Waals surface area contributed by atoms with Gasteiger partial charge in [0.25, 0.3) is 5.91 Å². The molecule has 0 atom stereocenters. The molecule has 0 aliphatic carbocycles. The third kappa shape index (κ3) is 3.66. The maximum Gasteiger partial charge on any atom is 0.253 e. The Balaban J connectivity index is 1.93. The van der Waals surface area contributed by atoms with Crippen LogP contribution in [0, 0.1) is 0 Å². The molecule has 1 amide bonds. The Labute approximate surface area is 115 Å². The molecule has 2 heterocycles. The normalized spacial score (nSPS) is 10.2. The summed E-state index contributed by atoms with van der Waals surface area (Å²) in [5.41, 5.74) is 7.24. The number of pyridine rings is 2. The van der Waals surface area contributed by atoms with E-state index in [1.54, 1.807) is 6.20 Å². The molecule has 2 aromatic rings. The monoisotopic (exact) mass is 276 g/mol. The summed E-state index contributed by atoms with van der Waals surface area (Å²) in [4.78, 5) is 19.9. The summed E-state index contributed by atoms with van der Waals surface area (Å²) in [6, 6.07) is 7.11. The number of hydrogen-bond donors (Lipinski definition) is 2. The molecule has 0 unspecified atom stereocenters. The molecular formula is C13H13ClN4O. The highest BCUT2D eigenvalue weighted by molar-refractivity contribution is 6.29. The van der Waals surface area contributed by atoms with E-state index in [1.165, 1.54) is 12.3 Å². The van der Waals surface area contributed by atoms with E-state index in [1.807, 2.05) is 18.2 Å². The third-order valence-electron chi connectivity index (χ3n) is 2.54. The Bertz CT molecular complexity index is 574. The van der Waals surface area contributed by atoms with E-state index in [9.17, 15) is 4.79 Å². The molecule has 2 rings (SSSR count). The highest BCUT2D eigenvalue weighted by Crippen LogP contribution is 2.14. The zero-order chi connectivity index (χ0) is 13.7. The minimum absolute atomic E-state index is 0.240. The Hall–Kier alpha value is -2.14. The third-order valence-corrected chi connectivity index (χ3v) is 2.75. The van der Waals surface area contributed by atoms with Crippen LogP contribution in [0.1, 0.15) is 16.1 Å². The van der Waals surface area contributed by atoms with Gasteiger partial charge >= 0.3 is 0 Å². The van der Waals surface area contributed by atoms with Crippen LogP contribution < -0.4 is 11.1 Å². The first-order chi connectivity index (χ1) is 9.16. The van der Waals surface area contributed by atoms with Crippen molar-refractivity contribution in [1.29, 1.82) is 0 Å². The van der Waals surface area contributed by atoms with Crippen LogP contribution in [0.25, 0.3) is 0 Å². The summed E-state index contributed by atoms with van der Waals surface area (Å²) in [6.45, 7) is 0.481. The van der Waals surface area contributed by atoms with E-state index < -0.39 is 0 Å². The lowest BCUT2D eigenvalue weighted by Crippen LogP contribution is -2.26. The van der Waals surface area contributed by atoms with Crippen molar-refractivity contribution in [2.45, 2.75) is 6.42 Å². The van der Waals surface area contributed by atoms with Crippen LogP contribution in [0.2, 0.25) is 5.15 Å². The number of halogens is 1.